The molecule has 0 saturated carbocycles. The van der Waals surface area contributed by atoms with Crippen LogP contribution in [0.1, 0.15) is 44.9 Å². The second kappa shape index (κ2) is 8.13. The van der Waals surface area contributed by atoms with Crippen molar-refractivity contribution in [2.75, 3.05) is 0 Å². The fourth-order valence-electron chi connectivity index (χ4n) is 1.60. The van der Waals surface area contributed by atoms with Crippen molar-refractivity contribution >= 4 is 23.9 Å². The van der Waals surface area contributed by atoms with Gasteiger partial charge in [-0.2, -0.15) is 0 Å². The standard InChI is InChI=1S/C12H16O8/c13-9-5-1-2-6-10(14)19-20-11(15)7-3-4-8(18-9)12(16)17/h8H,1-7H2,(H,16,17). The Kier molecular flexibility index (Phi) is 6.48. The number of rotatable bonds is 1. The molecule has 8 nitrogen and oxygen atoms in total. The molecule has 8 heteroatoms. The Morgan fingerprint density at radius 1 is 0.900 bits per heavy atom. The van der Waals surface area contributed by atoms with Crippen LogP contribution in [0, 0.1) is 0 Å². The average molecular weight is 288 g/mol. The van der Waals surface area contributed by atoms with E-state index in [0.717, 1.165) is 0 Å². The van der Waals surface area contributed by atoms with Crippen LogP contribution in [-0.4, -0.2) is 35.1 Å². The summed E-state index contributed by atoms with van der Waals surface area (Å²) in [5.41, 5.74) is 0. The van der Waals surface area contributed by atoms with E-state index in [0.29, 0.717) is 12.8 Å². The van der Waals surface area contributed by atoms with Crippen LogP contribution in [0.2, 0.25) is 0 Å². The average Bonchev–Trinajstić information content (AvgIpc) is 2.39. The molecule has 1 unspecified atom stereocenters. The lowest BCUT2D eigenvalue weighted by Gasteiger charge is -2.13. The Hall–Kier alpha value is -2.12. The molecule has 1 fully saturated rings. The summed E-state index contributed by atoms with van der Waals surface area (Å²) in [6, 6.07) is 0. The van der Waals surface area contributed by atoms with Crippen LogP contribution >= 0.6 is 0 Å². The summed E-state index contributed by atoms with van der Waals surface area (Å²) in [5, 5.41) is 8.90. The summed E-state index contributed by atoms with van der Waals surface area (Å²) in [6.45, 7) is 0. The predicted molar refractivity (Wildman–Crippen MR) is 62.0 cm³/mol. The van der Waals surface area contributed by atoms with E-state index in [2.05, 4.69) is 9.78 Å². The first kappa shape index (κ1) is 15.9. The van der Waals surface area contributed by atoms with Crippen LogP contribution in [0.5, 0.6) is 0 Å². The molecule has 0 aromatic rings. The molecule has 1 N–H and O–H groups in total. The normalized spacial score (nSPS) is 23.0. The van der Waals surface area contributed by atoms with E-state index in [-0.39, 0.29) is 32.1 Å². The molecular weight excluding hydrogens is 272 g/mol. The van der Waals surface area contributed by atoms with Crippen LogP contribution in [-0.2, 0) is 33.7 Å². The highest BCUT2D eigenvalue weighted by Gasteiger charge is 2.23. The van der Waals surface area contributed by atoms with Gasteiger partial charge in [0, 0.05) is 6.42 Å². The molecule has 0 bridgehead atoms. The Labute approximate surface area is 114 Å². The Balaban J connectivity index is 2.58. The van der Waals surface area contributed by atoms with Gasteiger partial charge < -0.3 is 9.84 Å². The van der Waals surface area contributed by atoms with Crippen molar-refractivity contribution in [3.8, 4) is 0 Å². The van der Waals surface area contributed by atoms with E-state index in [1.807, 2.05) is 0 Å². The number of ether oxygens (including phenoxy) is 1. The summed E-state index contributed by atoms with van der Waals surface area (Å²) in [7, 11) is 0. The zero-order valence-corrected chi connectivity index (χ0v) is 10.8. The minimum absolute atomic E-state index is 0.00290. The van der Waals surface area contributed by atoms with Gasteiger partial charge in [-0.05, 0) is 25.7 Å². The Morgan fingerprint density at radius 3 is 1.95 bits per heavy atom. The molecule has 0 spiro atoms. The number of carboxylic acids is 1. The molecule has 1 aliphatic heterocycles. The number of hydrogen-bond acceptors (Lipinski definition) is 7. The van der Waals surface area contributed by atoms with Gasteiger partial charge in [-0.1, -0.05) is 0 Å². The lowest BCUT2D eigenvalue weighted by Crippen LogP contribution is -2.27. The quantitative estimate of drug-likeness (QED) is 0.554. The molecule has 1 saturated heterocycles. The third-order valence-electron chi connectivity index (χ3n) is 2.64. The number of carbonyl (C=O) groups is 4. The van der Waals surface area contributed by atoms with E-state index in [1.54, 1.807) is 0 Å². The van der Waals surface area contributed by atoms with E-state index >= 15 is 0 Å². The lowest BCUT2D eigenvalue weighted by molar-refractivity contribution is -0.259. The topological polar surface area (TPSA) is 116 Å². The van der Waals surface area contributed by atoms with Crippen LogP contribution in [0.4, 0.5) is 0 Å². The van der Waals surface area contributed by atoms with E-state index in [1.165, 1.54) is 0 Å². The highest BCUT2D eigenvalue weighted by Crippen LogP contribution is 2.11. The maximum absolute atomic E-state index is 11.4. The first-order valence-corrected chi connectivity index (χ1v) is 6.31. The van der Waals surface area contributed by atoms with Crippen molar-refractivity contribution in [3.05, 3.63) is 0 Å². The van der Waals surface area contributed by atoms with Gasteiger partial charge in [0.2, 0.25) is 0 Å². The van der Waals surface area contributed by atoms with Crippen molar-refractivity contribution in [2.45, 2.75) is 51.0 Å². The van der Waals surface area contributed by atoms with Gasteiger partial charge in [-0.3, -0.25) is 4.79 Å². The number of aliphatic carboxylic acids is 1. The smallest absolute Gasteiger partial charge is 0.355 e. The van der Waals surface area contributed by atoms with Gasteiger partial charge in [0.1, 0.15) is 0 Å². The van der Waals surface area contributed by atoms with Crippen molar-refractivity contribution in [2.24, 2.45) is 0 Å². The molecular formula is C12H16O8. The molecule has 1 atom stereocenters. The van der Waals surface area contributed by atoms with Gasteiger partial charge in [-0.15, -0.1) is 0 Å². The number of carbonyl (C=O) groups excluding carboxylic acids is 3. The summed E-state index contributed by atoms with van der Waals surface area (Å²) in [5.74, 6) is -3.35. The van der Waals surface area contributed by atoms with Crippen LogP contribution in [0.15, 0.2) is 0 Å². The molecule has 1 rings (SSSR count). The van der Waals surface area contributed by atoms with Gasteiger partial charge in [0.05, 0.1) is 12.8 Å². The van der Waals surface area contributed by atoms with E-state index in [9.17, 15) is 19.2 Å². The summed E-state index contributed by atoms with van der Waals surface area (Å²) in [6.07, 6.45) is -0.544. The third-order valence-corrected chi connectivity index (χ3v) is 2.64. The predicted octanol–water partition coefficient (Wildman–Crippen LogP) is 0.728. The van der Waals surface area contributed by atoms with Crippen molar-refractivity contribution < 1.29 is 38.8 Å². The fraction of sp³-hybridized carbons (Fsp3) is 0.667. The third kappa shape index (κ3) is 6.17. The molecule has 0 radical (unpaired) electrons. The minimum Gasteiger partial charge on any atom is -0.479 e. The minimum atomic E-state index is -1.28. The maximum Gasteiger partial charge on any atom is 0.355 e. The van der Waals surface area contributed by atoms with Gasteiger partial charge in [0.15, 0.2) is 6.10 Å². The highest BCUT2D eigenvalue weighted by molar-refractivity contribution is 5.78. The second-order valence-corrected chi connectivity index (χ2v) is 4.33. The van der Waals surface area contributed by atoms with Crippen LogP contribution < -0.4 is 0 Å². The highest BCUT2D eigenvalue weighted by atomic mass is 17.2. The van der Waals surface area contributed by atoms with Crippen molar-refractivity contribution in [1.29, 1.82) is 0 Å². The molecule has 1 aliphatic rings. The van der Waals surface area contributed by atoms with Gasteiger partial charge in [-0.25, -0.2) is 24.2 Å². The summed E-state index contributed by atoms with van der Waals surface area (Å²) >= 11 is 0. The largest absolute Gasteiger partial charge is 0.479 e. The number of esters is 1. The van der Waals surface area contributed by atoms with Crippen molar-refractivity contribution in [1.82, 2.24) is 0 Å². The number of cyclic esters (lactones) is 1. The zero-order valence-electron chi connectivity index (χ0n) is 10.8. The molecule has 0 aliphatic carbocycles. The van der Waals surface area contributed by atoms with Gasteiger partial charge >= 0.3 is 23.9 Å². The first-order chi connectivity index (χ1) is 9.49. The molecule has 20 heavy (non-hydrogen) atoms. The first-order valence-electron chi connectivity index (χ1n) is 6.31. The fourth-order valence-corrected chi connectivity index (χ4v) is 1.60. The second-order valence-electron chi connectivity index (χ2n) is 4.33. The SMILES string of the molecule is O=C1CCCCC(=O)OC(C(=O)O)CCCC(=O)OO1. The molecule has 0 aromatic heterocycles. The Morgan fingerprint density at radius 2 is 1.40 bits per heavy atom. The lowest BCUT2D eigenvalue weighted by atomic mass is 10.1. The molecule has 0 aromatic carbocycles. The monoisotopic (exact) mass is 288 g/mol. The molecule has 0 amide bonds. The van der Waals surface area contributed by atoms with Crippen LogP contribution in [0.3, 0.4) is 0 Å². The van der Waals surface area contributed by atoms with Crippen molar-refractivity contribution in [3.63, 3.8) is 0 Å². The molecule has 112 valence electrons. The van der Waals surface area contributed by atoms with E-state index < -0.39 is 30.0 Å². The number of carboxylic acid groups (broad SMARTS) is 1. The zero-order chi connectivity index (χ0) is 15.0. The van der Waals surface area contributed by atoms with Crippen LogP contribution in [0.25, 0.3) is 0 Å². The molecule has 1 heterocycles. The number of hydrogen-bond donors (Lipinski definition) is 1. The Bertz CT molecular complexity index is 389. The maximum atomic E-state index is 11.4. The van der Waals surface area contributed by atoms with Gasteiger partial charge in [0.25, 0.3) is 0 Å². The summed E-state index contributed by atoms with van der Waals surface area (Å²) < 4.78 is 4.81. The summed E-state index contributed by atoms with van der Waals surface area (Å²) in [4.78, 5) is 53.2. The van der Waals surface area contributed by atoms with E-state index in [4.69, 9.17) is 9.84 Å².